The van der Waals surface area contributed by atoms with Crippen LogP contribution in [0.1, 0.15) is 54.4 Å². The number of carbonyl (C=O) groups is 3. The third-order valence-corrected chi connectivity index (χ3v) is 9.16. The van der Waals surface area contributed by atoms with Crippen LogP contribution in [0.2, 0.25) is 10.0 Å². The number of fused-ring (bicyclic) bond motifs is 2. The van der Waals surface area contributed by atoms with Crippen molar-refractivity contribution in [1.82, 2.24) is 20.4 Å². The number of hydrogen-bond donors (Lipinski definition) is 2. The SMILES string of the molecule is O=C(COc1ccc(Cl)cc1C(=O)N1CCCC(CNC(=O)C(F)(F)F)C1)NC1CC2CCC(C1)N2Cc1ccc(Cl)cc1. The zero-order valence-electron chi connectivity index (χ0n) is 24.0. The van der Waals surface area contributed by atoms with Gasteiger partial charge < -0.3 is 20.3 Å². The molecule has 3 fully saturated rings. The lowest BCUT2D eigenvalue weighted by Crippen LogP contribution is -2.50. The normalized spacial score (nSPS) is 23.7. The highest BCUT2D eigenvalue weighted by atomic mass is 35.5. The topological polar surface area (TPSA) is 91.0 Å². The number of likely N-dealkylation sites (tertiary alicyclic amines) is 1. The lowest BCUT2D eigenvalue weighted by molar-refractivity contribution is -0.173. The predicted octanol–water partition coefficient (Wildman–Crippen LogP) is 5.21. The van der Waals surface area contributed by atoms with Gasteiger partial charge in [-0.05, 0) is 80.3 Å². The van der Waals surface area contributed by atoms with Gasteiger partial charge in [-0.15, -0.1) is 0 Å². The molecule has 3 saturated heterocycles. The van der Waals surface area contributed by atoms with Gasteiger partial charge in [0.1, 0.15) is 5.75 Å². The van der Waals surface area contributed by atoms with Gasteiger partial charge in [0, 0.05) is 54.3 Å². The van der Waals surface area contributed by atoms with E-state index in [1.807, 2.05) is 29.6 Å². The molecule has 8 nitrogen and oxygen atoms in total. The second-order valence-corrected chi connectivity index (χ2v) is 12.7. The van der Waals surface area contributed by atoms with Crippen LogP contribution in [-0.2, 0) is 16.1 Å². The van der Waals surface area contributed by atoms with Crippen molar-refractivity contribution in [2.45, 2.75) is 69.4 Å². The Morgan fingerprint density at radius 2 is 1.64 bits per heavy atom. The second-order valence-electron chi connectivity index (χ2n) is 11.8. The Kier molecular flexibility index (Phi) is 10.3. The molecule has 238 valence electrons. The standard InChI is InChI=1S/C31H35Cl2F3N4O4/c32-21-5-3-19(4-6-21)17-40-24-8-9-25(40)14-23(13-24)38-28(41)18-44-27-10-7-22(33)12-26(27)29(42)39-11-1-2-20(16-39)15-37-30(43)31(34,35)36/h3-7,10,12,20,23-25H,1-2,8-9,11,13-18H2,(H,37,43)(H,38,41). The maximum absolute atomic E-state index is 13.4. The van der Waals surface area contributed by atoms with Gasteiger partial charge in [-0.2, -0.15) is 13.2 Å². The maximum Gasteiger partial charge on any atom is 0.471 e. The summed E-state index contributed by atoms with van der Waals surface area (Å²) < 4.78 is 43.5. The minimum atomic E-state index is -4.96. The molecule has 44 heavy (non-hydrogen) atoms. The van der Waals surface area contributed by atoms with Crippen LogP contribution in [0.15, 0.2) is 42.5 Å². The highest BCUT2D eigenvalue weighted by Gasteiger charge is 2.41. The number of alkyl halides is 3. The number of benzene rings is 2. The Bertz CT molecular complexity index is 1350. The lowest BCUT2D eigenvalue weighted by atomic mass is 9.96. The third-order valence-electron chi connectivity index (χ3n) is 8.67. The molecule has 3 heterocycles. The van der Waals surface area contributed by atoms with Crippen LogP contribution >= 0.6 is 23.2 Å². The van der Waals surface area contributed by atoms with Crippen LogP contribution < -0.4 is 15.4 Å². The molecule has 0 radical (unpaired) electrons. The van der Waals surface area contributed by atoms with Crippen molar-refractivity contribution in [3.05, 3.63) is 63.6 Å². The van der Waals surface area contributed by atoms with Crippen LogP contribution in [0, 0.1) is 5.92 Å². The molecule has 2 N–H and O–H groups in total. The van der Waals surface area contributed by atoms with Crippen molar-refractivity contribution in [2.75, 3.05) is 26.2 Å². The summed E-state index contributed by atoms with van der Waals surface area (Å²) in [6, 6.07) is 13.2. The number of carbonyl (C=O) groups excluding carboxylic acids is 3. The summed E-state index contributed by atoms with van der Waals surface area (Å²) in [6.45, 7) is 0.942. The molecule has 0 saturated carbocycles. The van der Waals surface area contributed by atoms with E-state index in [4.69, 9.17) is 27.9 Å². The number of amides is 3. The Labute approximate surface area is 264 Å². The van der Waals surface area contributed by atoms with Crippen molar-refractivity contribution in [3.8, 4) is 5.75 Å². The quantitative estimate of drug-likeness (QED) is 0.387. The molecule has 3 atom stereocenters. The number of rotatable bonds is 9. The van der Waals surface area contributed by atoms with Gasteiger partial charge in [-0.1, -0.05) is 35.3 Å². The molecule has 2 bridgehead atoms. The largest absolute Gasteiger partial charge is 0.483 e. The van der Waals surface area contributed by atoms with Crippen molar-refractivity contribution in [1.29, 1.82) is 0 Å². The Morgan fingerprint density at radius 3 is 2.32 bits per heavy atom. The van der Waals surface area contributed by atoms with E-state index >= 15 is 0 Å². The summed E-state index contributed by atoms with van der Waals surface area (Å²) in [5.41, 5.74) is 1.38. The average molecular weight is 656 g/mol. The summed E-state index contributed by atoms with van der Waals surface area (Å²) in [7, 11) is 0. The van der Waals surface area contributed by atoms with Gasteiger partial charge in [0.05, 0.1) is 5.56 Å². The molecule has 3 amide bonds. The van der Waals surface area contributed by atoms with Crippen molar-refractivity contribution in [2.24, 2.45) is 5.92 Å². The summed E-state index contributed by atoms with van der Waals surface area (Å²) in [5.74, 6) is -2.83. The van der Waals surface area contributed by atoms with E-state index in [2.05, 4.69) is 10.2 Å². The molecule has 13 heteroatoms. The Morgan fingerprint density at radius 1 is 0.955 bits per heavy atom. The van der Waals surface area contributed by atoms with Gasteiger partial charge in [-0.3, -0.25) is 19.3 Å². The van der Waals surface area contributed by atoms with Crippen molar-refractivity contribution >= 4 is 40.9 Å². The van der Waals surface area contributed by atoms with E-state index in [9.17, 15) is 27.6 Å². The lowest BCUT2D eigenvalue weighted by Gasteiger charge is -2.39. The summed E-state index contributed by atoms with van der Waals surface area (Å²) >= 11 is 12.2. The van der Waals surface area contributed by atoms with E-state index in [0.717, 1.165) is 32.2 Å². The second kappa shape index (κ2) is 14.0. The van der Waals surface area contributed by atoms with Gasteiger partial charge >= 0.3 is 12.1 Å². The molecule has 2 aromatic carbocycles. The summed E-state index contributed by atoms with van der Waals surface area (Å²) in [4.78, 5) is 41.6. The first kappa shape index (κ1) is 32.4. The summed E-state index contributed by atoms with van der Waals surface area (Å²) in [6.07, 6.45) is 0.0478. The minimum Gasteiger partial charge on any atom is -0.483 e. The van der Waals surface area contributed by atoms with Crippen LogP contribution in [0.5, 0.6) is 5.75 Å². The Balaban J connectivity index is 1.13. The fourth-order valence-corrected chi connectivity index (χ4v) is 6.88. The minimum absolute atomic E-state index is 0.0273. The average Bonchev–Trinajstić information content (AvgIpc) is 3.21. The van der Waals surface area contributed by atoms with E-state index in [0.29, 0.717) is 41.5 Å². The van der Waals surface area contributed by atoms with E-state index in [-0.39, 0.29) is 48.9 Å². The van der Waals surface area contributed by atoms with Gasteiger partial charge in [0.2, 0.25) is 0 Å². The number of nitrogens with zero attached hydrogens (tertiary/aromatic N) is 2. The van der Waals surface area contributed by atoms with Gasteiger partial charge in [-0.25, -0.2) is 0 Å². The molecule has 3 aliphatic heterocycles. The predicted molar refractivity (Wildman–Crippen MR) is 160 cm³/mol. The van der Waals surface area contributed by atoms with Crippen molar-refractivity contribution < 1.29 is 32.3 Å². The van der Waals surface area contributed by atoms with E-state index < -0.39 is 18.0 Å². The molecule has 3 unspecified atom stereocenters. The molecule has 2 aromatic rings. The molecular formula is C31H35Cl2F3N4O4. The molecular weight excluding hydrogens is 620 g/mol. The Hall–Kier alpha value is -3.02. The molecule has 0 aromatic heterocycles. The highest BCUT2D eigenvalue weighted by Crippen LogP contribution is 2.37. The number of nitrogens with one attached hydrogen (secondary N) is 2. The number of piperidine rings is 2. The first-order valence-corrected chi connectivity index (χ1v) is 15.6. The molecule has 3 aliphatic rings. The van der Waals surface area contributed by atoms with Gasteiger partial charge in [0.15, 0.2) is 6.61 Å². The van der Waals surface area contributed by atoms with Gasteiger partial charge in [0.25, 0.3) is 11.8 Å². The van der Waals surface area contributed by atoms with E-state index in [1.54, 1.807) is 6.07 Å². The van der Waals surface area contributed by atoms with Crippen LogP contribution in [-0.4, -0.2) is 78.1 Å². The van der Waals surface area contributed by atoms with E-state index in [1.165, 1.54) is 22.6 Å². The number of halogens is 5. The highest BCUT2D eigenvalue weighted by molar-refractivity contribution is 6.31. The number of hydrogen-bond acceptors (Lipinski definition) is 5. The summed E-state index contributed by atoms with van der Waals surface area (Å²) in [5, 5.41) is 6.02. The van der Waals surface area contributed by atoms with Crippen LogP contribution in [0.25, 0.3) is 0 Å². The first-order chi connectivity index (χ1) is 21.0. The fraction of sp³-hybridized carbons (Fsp3) is 0.516. The molecule has 0 aliphatic carbocycles. The fourth-order valence-electron chi connectivity index (χ4n) is 6.58. The smallest absolute Gasteiger partial charge is 0.471 e. The monoisotopic (exact) mass is 654 g/mol. The number of ether oxygens (including phenoxy) is 1. The first-order valence-electron chi connectivity index (χ1n) is 14.8. The zero-order valence-corrected chi connectivity index (χ0v) is 25.6. The van der Waals surface area contributed by atoms with Crippen LogP contribution in [0.3, 0.4) is 0 Å². The maximum atomic E-state index is 13.4. The molecule has 5 rings (SSSR count). The third kappa shape index (κ3) is 8.17. The van der Waals surface area contributed by atoms with Crippen molar-refractivity contribution in [3.63, 3.8) is 0 Å². The molecule has 0 spiro atoms. The zero-order chi connectivity index (χ0) is 31.4. The van der Waals surface area contributed by atoms with Crippen LogP contribution in [0.4, 0.5) is 13.2 Å².